The Labute approximate surface area is 85.3 Å². The number of hydrogen-bond donors (Lipinski definition) is 1. The standard InChI is InChI=1S/C8H18N2O3S/c1-6(2)5-7(9)8(11)10(3)14(4,12)13/h6-7H,5,9H2,1-4H3/t7-/m0/s1. The average Bonchev–Trinajstić information content (AvgIpc) is 1.98. The molecule has 2 N–H and O–H groups in total. The van der Waals surface area contributed by atoms with Gasteiger partial charge in [0.05, 0.1) is 12.3 Å². The number of nitrogens with zero attached hydrogens (tertiary/aromatic N) is 1. The van der Waals surface area contributed by atoms with Crippen LogP contribution in [0.15, 0.2) is 0 Å². The van der Waals surface area contributed by atoms with E-state index in [1.165, 1.54) is 7.05 Å². The summed E-state index contributed by atoms with van der Waals surface area (Å²) < 4.78 is 22.7. The van der Waals surface area contributed by atoms with E-state index in [0.717, 1.165) is 6.26 Å². The van der Waals surface area contributed by atoms with Gasteiger partial charge in [-0.2, -0.15) is 0 Å². The van der Waals surface area contributed by atoms with Gasteiger partial charge < -0.3 is 5.73 Å². The van der Waals surface area contributed by atoms with Crippen molar-refractivity contribution in [2.45, 2.75) is 26.3 Å². The molecule has 84 valence electrons. The maximum atomic E-state index is 11.4. The van der Waals surface area contributed by atoms with E-state index in [1.54, 1.807) is 0 Å². The molecule has 0 rings (SSSR count). The molecule has 1 amide bonds. The molecule has 0 aromatic heterocycles. The molecule has 0 spiro atoms. The van der Waals surface area contributed by atoms with Crippen LogP contribution in [0, 0.1) is 5.92 Å². The molecule has 0 saturated heterocycles. The zero-order chi connectivity index (χ0) is 11.5. The van der Waals surface area contributed by atoms with Gasteiger partial charge in [0.2, 0.25) is 10.0 Å². The van der Waals surface area contributed by atoms with Crippen molar-refractivity contribution < 1.29 is 13.2 Å². The van der Waals surface area contributed by atoms with Gasteiger partial charge in [-0.15, -0.1) is 0 Å². The Hall–Kier alpha value is -0.620. The van der Waals surface area contributed by atoms with Gasteiger partial charge in [0.15, 0.2) is 0 Å². The molecule has 0 unspecified atom stereocenters. The predicted octanol–water partition coefficient (Wildman–Crippen LogP) is -0.222. The Kier molecular flexibility index (Phi) is 4.54. The zero-order valence-electron chi connectivity index (χ0n) is 9.02. The van der Waals surface area contributed by atoms with Crippen molar-refractivity contribution in [3.05, 3.63) is 0 Å². The number of hydrogen-bond acceptors (Lipinski definition) is 4. The summed E-state index contributed by atoms with van der Waals surface area (Å²) in [5.74, 6) is -0.289. The highest BCUT2D eigenvalue weighted by atomic mass is 32.2. The van der Waals surface area contributed by atoms with Crippen molar-refractivity contribution in [1.82, 2.24) is 4.31 Å². The first kappa shape index (κ1) is 13.4. The third-order valence-corrected chi connectivity index (χ3v) is 3.03. The normalized spacial score (nSPS) is 14.1. The second-order valence-corrected chi connectivity index (χ2v) is 5.82. The van der Waals surface area contributed by atoms with Gasteiger partial charge in [0.1, 0.15) is 0 Å². The fraction of sp³-hybridized carbons (Fsp3) is 0.875. The molecule has 0 heterocycles. The Bertz CT molecular complexity index is 298. The third-order valence-electron chi connectivity index (χ3n) is 1.85. The highest BCUT2D eigenvalue weighted by molar-refractivity contribution is 7.88. The summed E-state index contributed by atoms with van der Waals surface area (Å²) in [6, 6.07) is -0.741. The van der Waals surface area contributed by atoms with Crippen molar-refractivity contribution in [3.8, 4) is 0 Å². The van der Waals surface area contributed by atoms with Crippen LogP contribution in [0.3, 0.4) is 0 Å². The van der Waals surface area contributed by atoms with E-state index < -0.39 is 22.0 Å². The van der Waals surface area contributed by atoms with Crippen molar-refractivity contribution in [3.63, 3.8) is 0 Å². The molecule has 0 radical (unpaired) electrons. The third kappa shape index (κ3) is 4.06. The van der Waals surface area contributed by atoms with Gasteiger partial charge in [-0.25, -0.2) is 12.7 Å². The Morgan fingerprint density at radius 3 is 2.14 bits per heavy atom. The first-order valence-corrected chi connectivity index (χ1v) is 6.24. The molecule has 1 atom stereocenters. The van der Waals surface area contributed by atoms with Crippen LogP contribution < -0.4 is 5.73 Å². The van der Waals surface area contributed by atoms with E-state index in [1.807, 2.05) is 13.8 Å². The van der Waals surface area contributed by atoms with Crippen LogP contribution >= 0.6 is 0 Å². The monoisotopic (exact) mass is 222 g/mol. The van der Waals surface area contributed by atoms with Crippen LogP contribution in [-0.2, 0) is 14.8 Å². The SMILES string of the molecule is CC(C)C[C@H](N)C(=O)N(C)S(C)(=O)=O. The van der Waals surface area contributed by atoms with Crippen LogP contribution in [0.2, 0.25) is 0 Å². The lowest BCUT2D eigenvalue weighted by molar-refractivity contribution is -0.127. The zero-order valence-corrected chi connectivity index (χ0v) is 9.84. The maximum Gasteiger partial charge on any atom is 0.252 e. The van der Waals surface area contributed by atoms with Crippen LogP contribution in [0.25, 0.3) is 0 Å². The van der Waals surface area contributed by atoms with E-state index >= 15 is 0 Å². The topological polar surface area (TPSA) is 80.5 Å². The van der Waals surface area contributed by atoms with Gasteiger partial charge in [-0.3, -0.25) is 4.79 Å². The minimum Gasteiger partial charge on any atom is -0.320 e. The molecule has 0 aliphatic rings. The average molecular weight is 222 g/mol. The molecule has 0 aromatic rings. The highest BCUT2D eigenvalue weighted by Gasteiger charge is 2.24. The van der Waals surface area contributed by atoms with Gasteiger partial charge in [0, 0.05) is 7.05 Å². The van der Waals surface area contributed by atoms with E-state index in [9.17, 15) is 13.2 Å². The molecule has 0 aliphatic heterocycles. The number of carbonyl (C=O) groups is 1. The molecule has 0 saturated carbocycles. The fourth-order valence-electron chi connectivity index (χ4n) is 1.01. The van der Waals surface area contributed by atoms with Crippen LogP contribution in [-0.4, -0.2) is 38.0 Å². The molecule has 14 heavy (non-hydrogen) atoms. The summed E-state index contributed by atoms with van der Waals surface area (Å²) in [5, 5.41) is 0. The maximum absolute atomic E-state index is 11.4. The van der Waals surface area contributed by atoms with E-state index in [4.69, 9.17) is 5.73 Å². The predicted molar refractivity (Wildman–Crippen MR) is 55.0 cm³/mol. The molecule has 0 aromatic carbocycles. The van der Waals surface area contributed by atoms with E-state index in [-0.39, 0.29) is 5.92 Å². The lowest BCUT2D eigenvalue weighted by atomic mass is 10.0. The van der Waals surface area contributed by atoms with Crippen LogP contribution in [0.4, 0.5) is 0 Å². The first-order valence-electron chi connectivity index (χ1n) is 4.39. The van der Waals surface area contributed by atoms with Gasteiger partial charge in [0.25, 0.3) is 5.91 Å². The summed E-state index contributed by atoms with van der Waals surface area (Å²) in [7, 11) is -2.26. The highest BCUT2D eigenvalue weighted by Crippen LogP contribution is 2.06. The lowest BCUT2D eigenvalue weighted by Gasteiger charge is -2.20. The second-order valence-electron chi connectivity index (χ2n) is 3.80. The van der Waals surface area contributed by atoms with Crippen molar-refractivity contribution in [2.24, 2.45) is 11.7 Å². The number of nitrogens with two attached hydrogens (primary N) is 1. The summed E-state index contributed by atoms with van der Waals surface area (Å²) in [4.78, 5) is 11.4. The summed E-state index contributed by atoms with van der Waals surface area (Å²) in [6.45, 7) is 3.85. The molecule has 6 heteroatoms. The van der Waals surface area contributed by atoms with Crippen molar-refractivity contribution in [1.29, 1.82) is 0 Å². The van der Waals surface area contributed by atoms with E-state index in [2.05, 4.69) is 0 Å². The van der Waals surface area contributed by atoms with Gasteiger partial charge in [-0.05, 0) is 12.3 Å². The fourth-order valence-corrected chi connectivity index (χ4v) is 1.47. The van der Waals surface area contributed by atoms with Crippen LogP contribution in [0.1, 0.15) is 20.3 Å². The number of sulfonamides is 1. The quantitative estimate of drug-likeness (QED) is 0.713. The summed E-state index contributed by atoms with van der Waals surface area (Å²) in [6.07, 6.45) is 1.46. The minimum absolute atomic E-state index is 0.266. The van der Waals surface area contributed by atoms with Crippen LogP contribution in [0.5, 0.6) is 0 Å². The summed E-state index contributed by atoms with van der Waals surface area (Å²) in [5.41, 5.74) is 5.56. The molecule has 0 aliphatic carbocycles. The van der Waals surface area contributed by atoms with E-state index in [0.29, 0.717) is 10.7 Å². The Morgan fingerprint density at radius 1 is 1.43 bits per heavy atom. The summed E-state index contributed by atoms with van der Waals surface area (Å²) >= 11 is 0. The lowest BCUT2D eigenvalue weighted by Crippen LogP contribution is -2.44. The molecular formula is C8H18N2O3S. The first-order chi connectivity index (χ1) is 6.16. The number of carbonyl (C=O) groups excluding carboxylic acids is 1. The number of rotatable bonds is 4. The molecule has 0 fully saturated rings. The van der Waals surface area contributed by atoms with Gasteiger partial charge >= 0.3 is 0 Å². The largest absolute Gasteiger partial charge is 0.320 e. The van der Waals surface area contributed by atoms with Gasteiger partial charge in [-0.1, -0.05) is 13.8 Å². The smallest absolute Gasteiger partial charge is 0.252 e. The molecule has 0 bridgehead atoms. The van der Waals surface area contributed by atoms with Crippen molar-refractivity contribution in [2.75, 3.05) is 13.3 Å². The number of likely N-dealkylation sites (N-methyl/N-ethyl adjacent to an activating group) is 1. The number of amides is 1. The Morgan fingerprint density at radius 2 is 1.86 bits per heavy atom. The minimum atomic E-state index is -3.48. The second kappa shape index (κ2) is 4.75. The molecular weight excluding hydrogens is 204 g/mol. The Balaban J connectivity index is 4.48. The molecule has 5 nitrogen and oxygen atoms in total. The van der Waals surface area contributed by atoms with Crippen molar-refractivity contribution >= 4 is 15.9 Å².